The van der Waals surface area contributed by atoms with E-state index in [1.54, 1.807) is 0 Å². The Kier molecular flexibility index (Phi) is 8.52. The molecule has 1 fully saturated rings. The molecule has 0 aliphatic heterocycles. The second-order valence-electron chi connectivity index (χ2n) is 10.8. The number of nitrogens with zero attached hydrogens (tertiary/aromatic N) is 3. The van der Waals surface area contributed by atoms with Gasteiger partial charge < -0.3 is 9.52 Å². The molecule has 0 amide bonds. The fourth-order valence-corrected chi connectivity index (χ4v) is 6.43. The summed E-state index contributed by atoms with van der Waals surface area (Å²) in [6.07, 6.45) is -7.19. The second kappa shape index (κ2) is 11.2. The molecule has 2 N–H and O–H groups in total. The van der Waals surface area contributed by atoms with Gasteiger partial charge >= 0.3 is 18.3 Å². The van der Waals surface area contributed by atoms with Crippen LogP contribution in [0.15, 0.2) is 27.5 Å². The summed E-state index contributed by atoms with van der Waals surface area (Å²) in [6, 6.07) is -0.533. The Morgan fingerprint density at radius 2 is 1.83 bits per heavy atom. The van der Waals surface area contributed by atoms with Gasteiger partial charge in [0.2, 0.25) is 15.9 Å². The zero-order chi connectivity index (χ0) is 31.3. The van der Waals surface area contributed by atoms with Gasteiger partial charge in [-0.1, -0.05) is 25.3 Å². The average molecular weight is 641 g/mol. The van der Waals surface area contributed by atoms with E-state index >= 15 is 0 Å². The minimum atomic E-state index is -5.07. The Bertz CT molecular complexity index is 1580. The summed E-state index contributed by atoms with van der Waals surface area (Å²) < 4.78 is 114. The molecular formula is C25H26F6N4O5S2. The van der Waals surface area contributed by atoms with Gasteiger partial charge in [-0.15, -0.1) is 21.5 Å². The fourth-order valence-electron chi connectivity index (χ4n) is 4.12. The van der Waals surface area contributed by atoms with Crippen LogP contribution in [-0.4, -0.2) is 46.9 Å². The fraction of sp³-hybridized carbons (Fsp3) is 0.520. The number of hydrogen-bond donors (Lipinski definition) is 2. The van der Waals surface area contributed by atoms with Crippen molar-refractivity contribution in [3.8, 4) is 21.3 Å². The number of carboxylic acids is 1. The van der Waals surface area contributed by atoms with Crippen molar-refractivity contribution < 1.29 is 49.1 Å². The quantitative estimate of drug-likeness (QED) is 0.254. The summed E-state index contributed by atoms with van der Waals surface area (Å²) in [4.78, 5) is 15.0. The first-order valence-electron chi connectivity index (χ1n) is 12.6. The number of carboxylic acid groups (broad SMARTS) is 1. The number of alkyl halides is 6. The van der Waals surface area contributed by atoms with Crippen molar-refractivity contribution >= 4 is 27.3 Å². The van der Waals surface area contributed by atoms with Crippen LogP contribution in [0, 0.1) is 11.3 Å². The van der Waals surface area contributed by atoms with Crippen LogP contribution >= 0.6 is 11.3 Å². The van der Waals surface area contributed by atoms with Crippen LogP contribution in [0.3, 0.4) is 0 Å². The van der Waals surface area contributed by atoms with Gasteiger partial charge in [0.15, 0.2) is 5.01 Å². The molecule has 0 bridgehead atoms. The molecule has 1 atom stereocenters. The van der Waals surface area contributed by atoms with Crippen LogP contribution in [0.25, 0.3) is 21.3 Å². The van der Waals surface area contributed by atoms with Crippen molar-refractivity contribution in [2.75, 3.05) is 0 Å². The van der Waals surface area contributed by atoms with Crippen LogP contribution in [0.1, 0.15) is 57.2 Å². The van der Waals surface area contributed by atoms with Gasteiger partial charge in [0.25, 0.3) is 5.89 Å². The zero-order valence-corrected chi connectivity index (χ0v) is 24.1. The van der Waals surface area contributed by atoms with E-state index < -0.39 is 55.8 Å². The Hall–Kier alpha value is -3.05. The molecule has 2 heterocycles. The highest BCUT2D eigenvalue weighted by atomic mass is 32.2. The van der Waals surface area contributed by atoms with Gasteiger partial charge in [0.05, 0.1) is 26.4 Å². The highest BCUT2D eigenvalue weighted by Crippen LogP contribution is 2.45. The largest absolute Gasteiger partial charge is 0.481 e. The van der Waals surface area contributed by atoms with Crippen molar-refractivity contribution in [1.29, 1.82) is 0 Å². The van der Waals surface area contributed by atoms with E-state index in [2.05, 4.69) is 15.2 Å². The van der Waals surface area contributed by atoms with Crippen molar-refractivity contribution in [2.24, 2.45) is 11.3 Å². The van der Waals surface area contributed by atoms with Crippen molar-refractivity contribution in [1.82, 2.24) is 19.9 Å². The molecule has 0 spiro atoms. The number of carbonyl (C=O) groups is 1. The molecule has 17 heteroatoms. The van der Waals surface area contributed by atoms with E-state index in [1.165, 1.54) is 18.6 Å². The van der Waals surface area contributed by atoms with Crippen molar-refractivity contribution in [3.05, 3.63) is 35.3 Å². The van der Waals surface area contributed by atoms with E-state index in [9.17, 15) is 44.7 Å². The molecule has 1 aliphatic rings. The summed E-state index contributed by atoms with van der Waals surface area (Å²) in [5.74, 6) is -1.08. The molecule has 1 aliphatic carbocycles. The molecule has 42 heavy (non-hydrogen) atoms. The maximum absolute atomic E-state index is 14.3. The Labute approximate surface area is 240 Å². The monoisotopic (exact) mass is 640 g/mol. The van der Waals surface area contributed by atoms with Crippen molar-refractivity contribution in [2.45, 2.75) is 76.2 Å². The lowest BCUT2D eigenvalue weighted by molar-refractivity contribution is -0.147. The molecule has 0 radical (unpaired) electrons. The van der Waals surface area contributed by atoms with Gasteiger partial charge in [0.1, 0.15) is 6.04 Å². The lowest BCUT2D eigenvalue weighted by Crippen LogP contribution is -2.43. The van der Waals surface area contributed by atoms with Gasteiger partial charge in [-0.05, 0) is 45.2 Å². The van der Waals surface area contributed by atoms with Crippen LogP contribution in [0.4, 0.5) is 26.3 Å². The Balaban J connectivity index is 1.78. The highest BCUT2D eigenvalue weighted by Gasteiger charge is 2.41. The van der Waals surface area contributed by atoms with Crippen LogP contribution in [0.5, 0.6) is 0 Å². The number of sulfonamides is 1. The lowest BCUT2D eigenvalue weighted by Gasteiger charge is -2.25. The van der Waals surface area contributed by atoms with Crippen LogP contribution in [0.2, 0.25) is 0 Å². The molecule has 1 aromatic carbocycles. The third-order valence-corrected chi connectivity index (χ3v) is 9.56. The zero-order valence-electron chi connectivity index (χ0n) is 22.4. The first-order valence-corrected chi connectivity index (χ1v) is 14.9. The number of nitrogens with one attached hydrogen (secondary N) is 1. The third kappa shape index (κ3) is 6.94. The lowest BCUT2D eigenvalue weighted by atomic mass is 9.81. The van der Waals surface area contributed by atoms with E-state index in [4.69, 9.17) is 4.42 Å². The van der Waals surface area contributed by atoms with Gasteiger partial charge in [-0.2, -0.15) is 31.1 Å². The van der Waals surface area contributed by atoms with E-state index in [-0.39, 0.29) is 39.7 Å². The third-order valence-electron chi connectivity index (χ3n) is 6.90. The number of aliphatic carboxylic acids is 1. The predicted molar refractivity (Wildman–Crippen MR) is 138 cm³/mol. The number of rotatable bonds is 10. The predicted octanol–water partition coefficient (Wildman–Crippen LogP) is 6.10. The smallest absolute Gasteiger partial charge is 0.417 e. The van der Waals surface area contributed by atoms with Crippen LogP contribution in [-0.2, 0) is 33.8 Å². The summed E-state index contributed by atoms with van der Waals surface area (Å²) >= 11 is 0.800. The number of thiazole rings is 1. The summed E-state index contributed by atoms with van der Waals surface area (Å²) in [5, 5.41) is 17.2. The maximum Gasteiger partial charge on any atom is 0.417 e. The summed E-state index contributed by atoms with van der Waals surface area (Å²) in [5.41, 5.74) is -2.72. The summed E-state index contributed by atoms with van der Waals surface area (Å²) in [6.45, 7) is 3.45. The SMILES string of the molecule is C[C@H](NS(=O)(=O)c1ccc(-c2sc(-c3nnc(CC(C)(C)C(=O)O)o3)nc2CC2CCC2)c(C(F)(F)F)c1)C(F)(F)F. The number of hydrogen-bond acceptors (Lipinski definition) is 8. The highest BCUT2D eigenvalue weighted by molar-refractivity contribution is 7.89. The first kappa shape index (κ1) is 31.9. The standard InChI is InChI=1S/C25H26F6N4O5S2/c1-12(24(26,27)28)35-42(38,39)14-7-8-15(16(10-14)25(29,30)31)19-17(9-13-5-4-6-13)32-21(41-19)20-34-33-18(40-20)11-23(2,3)22(36)37/h7-8,10,12-13,35H,4-6,9,11H2,1-3H3,(H,36,37)/t12-/m0/s1. The molecule has 9 nitrogen and oxygen atoms in total. The van der Waals surface area contributed by atoms with Gasteiger partial charge in [-0.3, -0.25) is 4.79 Å². The summed E-state index contributed by atoms with van der Waals surface area (Å²) in [7, 11) is -4.96. The molecule has 4 rings (SSSR count). The topological polar surface area (TPSA) is 135 Å². The van der Waals surface area contributed by atoms with Crippen molar-refractivity contribution in [3.63, 3.8) is 0 Å². The van der Waals surface area contributed by atoms with Gasteiger partial charge in [0, 0.05) is 12.0 Å². The van der Waals surface area contributed by atoms with E-state index in [0.717, 1.165) is 42.7 Å². The number of benzene rings is 1. The molecule has 3 aromatic rings. The Morgan fingerprint density at radius 1 is 1.17 bits per heavy atom. The number of aromatic nitrogens is 3. The normalized spacial score (nSPS) is 15.9. The second-order valence-corrected chi connectivity index (χ2v) is 13.5. The maximum atomic E-state index is 14.3. The van der Waals surface area contributed by atoms with E-state index in [0.29, 0.717) is 19.4 Å². The minimum absolute atomic E-state index is 0.0131. The van der Waals surface area contributed by atoms with E-state index in [1.807, 2.05) is 0 Å². The molecule has 230 valence electrons. The number of halogens is 6. The molecule has 0 saturated heterocycles. The van der Waals surface area contributed by atoms with Crippen LogP contribution < -0.4 is 4.72 Å². The Morgan fingerprint density at radius 3 is 2.38 bits per heavy atom. The molecule has 2 aromatic heterocycles. The molecular weight excluding hydrogens is 614 g/mol. The molecule has 1 saturated carbocycles. The minimum Gasteiger partial charge on any atom is -0.481 e. The average Bonchev–Trinajstić information content (AvgIpc) is 3.46. The van der Waals surface area contributed by atoms with Gasteiger partial charge in [-0.25, -0.2) is 13.4 Å². The first-order chi connectivity index (χ1) is 19.3. The molecule has 0 unspecified atom stereocenters.